The molecule has 6 nitrogen and oxygen atoms in total. The molecule has 0 aliphatic rings. The van der Waals surface area contributed by atoms with Crippen LogP contribution in [0.15, 0.2) is 48.0 Å². The quantitative estimate of drug-likeness (QED) is 0.449. The second-order valence-electron chi connectivity index (χ2n) is 5.90. The lowest BCUT2D eigenvalue weighted by atomic mass is 10.1. The number of hydrogen-bond acceptors (Lipinski definition) is 5. The van der Waals surface area contributed by atoms with Crippen molar-refractivity contribution in [1.29, 1.82) is 5.26 Å². The third kappa shape index (κ3) is 5.35. The Labute approximate surface area is 168 Å². The zero-order chi connectivity index (χ0) is 20.7. The predicted octanol–water partition coefficient (Wildman–Crippen LogP) is 4.13. The van der Waals surface area contributed by atoms with E-state index in [1.807, 2.05) is 0 Å². The summed E-state index contributed by atoms with van der Waals surface area (Å²) in [6.45, 7) is 3.19. The third-order valence-electron chi connectivity index (χ3n) is 3.92. The molecule has 1 amide bonds. The van der Waals surface area contributed by atoms with Gasteiger partial charge in [-0.15, -0.1) is 0 Å². The molecule has 144 valence electrons. The van der Waals surface area contributed by atoms with Crippen molar-refractivity contribution in [3.05, 3.63) is 64.2 Å². The Balaban J connectivity index is 2.08. The number of esters is 1. The molecule has 7 heteroatoms. The smallest absolute Gasteiger partial charge is 0.349 e. The van der Waals surface area contributed by atoms with E-state index in [1.54, 1.807) is 55.5 Å². The van der Waals surface area contributed by atoms with Crippen LogP contribution in [0, 0.1) is 18.3 Å². The molecule has 0 aromatic heterocycles. The fraction of sp³-hybridized carbons (Fsp3) is 0.190. The number of methoxy groups -OCH3 is 1. The molecule has 2 aromatic carbocycles. The Hall–Kier alpha value is -3.30. The zero-order valence-electron chi connectivity index (χ0n) is 15.7. The summed E-state index contributed by atoms with van der Waals surface area (Å²) in [6, 6.07) is 13.7. The monoisotopic (exact) mass is 398 g/mol. The minimum atomic E-state index is -1.10. The number of rotatable bonds is 6. The van der Waals surface area contributed by atoms with Crippen molar-refractivity contribution in [2.45, 2.75) is 20.0 Å². The van der Waals surface area contributed by atoms with Crippen molar-refractivity contribution < 1.29 is 19.1 Å². The van der Waals surface area contributed by atoms with Crippen LogP contribution < -0.4 is 10.1 Å². The first kappa shape index (κ1) is 21.0. The van der Waals surface area contributed by atoms with E-state index in [9.17, 15) is 14.9 Å². The first-order chi connectivity index (χ1) is 13.3. The molecule has 0 bridgehead atoms. The number of benzene rings is 2. The normalized spacial score (nSPS) is 11.9. The van der Waals surface area contributed by atoms with Gasteiger partial charge < -0.3 is 14.8 Å². The molecule has 0 saturated carbocycles. The maximum absolute atomic E-state index is 12.3. The topological polar surface area (TPSA) is 88.4 Å². The number of ether oxygens (including phenoxy) is 2. The van der Waals surface area contributed by atoms with Crippen LogP contribution in [0.5, 0.6) is 5.75 Å². The van der Waals surface area contributed by atoms with Gasteiger partial charge in [0, 0.05) is 10.7 Å². The van der Waals surface area contributed by atoms with E-state index < -0.39 is 18.0 Å². The lowest BCUT2D eigenvalue weighted by Crippen LogP contribution is -2.30. The maximum atomic E-state index is 12.3. The van der Waals surface area contributed by atoms with Crippen LogP contribution in [0.2, 0.25) is 5.02 Å². The van der Waals surface area contributed by atoms with E-state index in [2.05, 4.69) is 5.32 Å². The highest BCUT2D eigenvalue weighted by molar-refractivity contribution is 6.31. The summed E-state index contributed by atoms with van der Waals surface area (Å²) in [5.74, 6) is -0.836. The van der Waals surface area contributed by atoms with Crippen LogP contribution in [0.3, 0.4) is 0 Å². The summed E-state index contributed by atoms with van der Waals surface area (Å²) in [7, 11) is 1.52. The van der Waals surface area contributed by atoms with Gasteiger partial charge in [0.25, 0.3) is 5.91 Å². The molecule has 2 rings (SSSR count). The molecule has 0 heterocycles. The summed E-state index contributed by atoms with van der Waals surface area (Å²) in [4.78, 5) is 24.6. The number of halogens is 1. The number of nitrogens with one attached hydrogen (secondary N) is 1. The van der Waals surface area contributed by atoms with Crippen molar-refractivity contribution in [1.82, 2.24) is 0 Å². The van der Waals surface area contributed by atoms with Gasteiger partial charge in [-0.2, -0.15) is 5.26 Å². The number of anilines is 1. The number of nitrogens with zero attached hydrogens (tertiary/aromatic N) is 1. The van der Waals surface area contributed by atoms with E-state index in [1.165, 1.54) is 20.1 Å². The van der Waals surface area contributed by atoms with E-state index >= 15 is 0 Å². The Kier molecular flexibility index (Phi) is 7.19. The largest absolute Gasteiger partial charge is 0.497 e. The molecule has 0 fully saturated rings. The summed E-state index contributed by atoms with van der Waals surface area (Å²) < 4.78 is 10.2. The molecule has 0 saturated heterocycles. The van der Waals surface area contributed by atoms with Gasteiger partial charge in [0.05, 0.1) is 7.11 Å². The molecule has 0 spiro atoms. The lowest BCUT2D eigenvalue weighted by molar-refractivity contribution is -0.148. The number of carbonyl (C=O) groups is 2. The summed E-state index contributed by atoms with van der Waals surface area (Å²) in [5.41, 5.74) is 1.59. The molecule has 0 aliphatic carbocycles. The van der Waals surface area contributed by atoms with Gasteiger partial charge in [0.2, 0.25) is 0 Å². The number of nitriles is 1. The van der Waals surface area contributed by atoms with Crippen LogP contribution in [-0.2, 0) is 14.3 Å². The standard InChI is InChI=1S/C21H19ClN2O4/c1-13-18(22)8-5-9-19(13)24-20(25)14(2)28-21(26)16(12-23)10-15-6-4-7-17(11-15)27-3/h4-11,14H,1-3H3,(H,24,25)/b16-10+/t14-/m0/s1. The van der Waals surface area contributed by atoms with Crippen molar-refractivity contribution in [3.63, 3.8) is 0 Å². The number of amides is 1. The van der Waals surface area contributed by atoms with Crippen molar-refractivity contribution in [2.24, 2.45) is 0 Å². The second kappa shape index (κ2) is 9.58. The second-order valence-corrected chi connectivity index (χ2v) is 6.30. The van der Waals surface area contributed by atoms with E-state index in [0.29, 0.717) is 27.6 Å². The maximum Gasteiger partial charge on any atom is 0.349 e. The van der Waals surface area contributed by atoms with E-state index in [4.69, 9.17) is 21.1 Å². The number of carbonyl (C=O) groups excluding carboxylic acids is 2. The molecular weight excluding hydrogens is 380 g/mol. The van der Waals surface area contributed by atoms with Gasteiger partial charge in [0.1, 0.15) is 17.4 Å². The first-order valence-corrected chi connectivity index (χ1v) is 8.76. The number of hydrogen-bond donors (Lipinski definition) is 1. The van der Waals surface area contributed by atoms with Crippen LogP contribution in [0.1, 0.15) is 18.1 Å². The molecule has 1 N–H and O–H groups in total. The highest BCUT2D eigenvalue weighted by Crippen LogP contribution is 2.23. The van der Waals surface area contributed by atoms with Gasteiger partial charge in [-0.1, -0.05) is 29.8 Å². The van der Waals surface area contributed by atoms with Gasteiger partial charge >= 0.3 is 5.97 Å². The minimum absolute atomic E-state index is 0.230. The summed E-state index contributed by atoms with van der Waals surface area (Å²) in [5, 5.41) is 12.4. The minimum Gasteiger partial charge on any atom is -0.497 e. The molecular formula is C21H19ClN2O4. The Morgan fingerprint density at radius 1 is 1.25 bits per heavy atom. The van der Waals surface area contributed by atoms with E-state index in [-0.39, 0.29) is 5.57 Å². The zero-order valence-corrected chi connectivity index (χ0v) is 16.4. The fourth-order valence-electron chi connectivity index (χ4n) is 2.29. The molecule has 2 aromatic rings. The third-order valence-corrected chi connectivity index (χ3v) is 4.33. The van der Waals surface area contributed by atoms with Crippen LogP contribution in [0.25, 0.3) is 6.08 Å². The van der Waals surface area contributed by atoms with Crippen molar-refractivity contribution in [2.75, 3.05) is 12.4 Å². The average Bonchev–Trinajstić information content (AvgIpc) is 2.69. The first-order valence-electron chi connectivity index (χ1n) is 8.38. The molecule has 0 aliphatic heterocycles. The molecule has 0 unspecified atom stereocenters. The van der Waals surface area contributed by atoms with Crippen LogP contribution in [-0.4, -0.2) is 25.1 Å². The highest BCUT2D eigenvalue weighted by atomic mass is 35.5. The Morgan fingerprint density at radius 3 is 2.64 bits per heavy atom. The van der Waals surface area contributed by atoms with Crippen molar-refractivity contribution in [3.8, 4) is 11.8 Å². The highest BCUT2D eigenvalue weighted by Gasteiger charge is 2.21. The summed E-state index contributed by atoms with van der Waals surface area (Å²) in [6.07, 6.45) is 0.268. The van der Waals surface area contributed by atoms with Gasteiger partial charge in [-0.25, -0.2) is 4.79 Å². The molecule has 0 radical (unpaired) electrons. The molecule has 28 heavy (non-hydrogen) atoms. The predicted molar refractivity (Wildman–Crippen MR) is 107 cm³/mol. The van der Waals surface area contributed by atoms with Crippen LogP contribution >= 0.6 is 11.6 Å². The van der Waals surface area contributed by atoms with Gasteiger partial charge in [0.15, 0.2) is 6.10 Å². The Morgan fingerprint density at radius 2 is 1.96 bits per heavy atom. The SMILES string of the molecule is COc1cccc(/C=C(\C#N)C(=O)O[C@@H](C)C(=O)Nc2cccc(Cl)c2C)c1. The van der Waals surface area contributed by atoms with Crippen molar-refractivity contribution >= 4 is 35.2 Å². The Bertz CT molecular complexity index is 963. The van der Waals surface area contributed by atoms with Crippen LogP contribution in [0.4, 0.5) is 5.69 Å². The average molecular weight is 399 g/mol. The molecule has 1 atom stereocenters. The fourth-order valence-corrected chi connectivity index (χ4v) is 2.46. The van der Waals surface area contributed by atoms with Gasteiger partial charge in [-0.05, 0) is 55.3 Å². The van der Waals surface area contributed by atoms with Gasteiger partial charge in [-0.3, -0.25) is 4.79 Å². The van der Waals surface area contributed by atoms with E-state index in [0.717, 1.165) is 0 Å². The summed E-state index contributed by atoms with van der Waals surface area (Å²) >= 11 is 6.03. The lowest BCUT2D eigenvalue weighted by Gasteiger charge is -2.15.